The molecule has 1 amide bonds. The fraction of sp³-hybridized carbons (Fsp3) is 0.308. The summed E-state index contributed by atoms with van der Waals surface area (Å²) in [5.41, 5.74) is 7.12. The number of carbonyl (C=O) groups is 1. The van der Waals surface area contributed by atoms with Crippen molar-refractivity contribution in [3.05, 3.63) is 23.8 Å². The molecule has 0 aliphatic heterocycles. The van der Waals surface area contributed by atoms with E-state index in [9.17, 15) is 4.79 Å². The van der Waals surface area contributed by atoms with Gasteiger partial charge in [0, 0.05) is 19.8 Å². The molecule has 1 aromatic rings. The lowest BCUT2D eigenvalue weighted by Gasteiger charge is -2.23. The van der Waals surface area contributed by atoms with Crippen LogP contribution < -0.4 is 10.6 Å². The number of rotatable bonds is 4. The van der Waals surface area contributed by atoms with Crippen molar-refractivity contribution in [3.8, 4) is 12.1 Å². The number of nitrogens with two attached hydrogens (primary N) is 1. The van der Waals surface area contributed by atoms with Gasteiger partial charge in [0.15, 0.2) is 0 Å². The van der Waals surface area contributed by atoms with Crippen LogP contribution >= 0.6 is 0 Å². The van der Waals surface area contributed by atoms with Gasteiger partial charge in [-0.05, 0) is 18.2 Å². The molecule has 1 rings (SSSR count). The molecule has 0 saturated heterocycles. The summed E-state index contributed by atoms with van der Waals surface area (Å²) in [5.74, 6) is -0.198. The molecule has 0 radical (unpaired) electrons. The molecule has 0 aliphatic rings. The normalized spacial score (nSPS) is 9.26. The number of nitrogens with zero attached hydrogens (tertiary/aromatic N) is 4. The van der Waals surface area contributed by atoms with Gasteiger partial charge in [-0.15, -0.1) is 0 Å². The highest BCUT2D eigenvalue weighted by Gasteiger charge is 2.18. The molecule has 0 aromatic heterocycles. The summed E-state index contributed by atoms with van der Waals surface area (Å²) in [6.07, 6.45) is 0. The van der Waals surface area contributed by atoms with Crippen LogP contribution in [-0.4, -0.2) is 38.0 Å². The predicted octanol–water partition coefficient (Wildman–Crippen LogP) is 0.824. The quantitative estimate of drug-likeness (QED) is 0.636. The highest BCUT2D eigenvalue weighted by molar-refractivity contribution is 6.00. The molecule has 6 heteroatoms. The van der Waals surface area contributed by atoms with Crippen LogP contribution in [0.15, 0.2) is 18.2 Å². The van der Waals surface area contributed by atoms with Crippen molar-refractivity contribution in [1.82, 2.24) is 4.90 Å². The third-order valence-corrected chi connectivity index (χ3v) is 2.52. The SMILES string of the molecule is CN(C)C(=O)c1ccc(N)cc1N(CC#N)CC#N. The Bertz CT molecular complexity index is 537. The number of anilines is 2. The molecule has 6 nitrogen and oxygen atoms in total. The van der Waals surface area contributed by atoms with Crippen molar-refractivity contribution in [3.63, 3.8) is 0 Å². The summed E-state index contributed by atoms with van der Waals surface area (Å²) < 4.78 is 0. The minimum absolute atomic E-state index is 0.0186. The lowest BCUT2D eigenvalue weighted by atomic mass is 10.1. The first-order valence-corrected chi connectivity index (χ1v) is 5.61. The number of carbonyl (C=O) groups excluding carboxylic acids is 1. The van der Waals surface area contributed by atoms with Gasteiger partial charge in [0.25, 0.3) is 5.91 Å². The van der Waals surface area contributed by atoms with Crippen LogP contribution in [0.1, 0.15) is 10.4 Å². The van der Waals surface area contributed by atoms with Gasteiger partial charge in [-0.3, -0.25) is 4.79 Å². The molecule has 2 N–H and O–H groups in total. The van der Waals surface area contributed by atoms with E-state index in [0.29, 0.717) is 16.9 Å². The van der Waals surface area contributed by atoms with Gasteiger partial charge < -0.3 is 15.5 Å². The molecule has 0 heterocycles. The summed E-state index contributed by atoms with van der Waals surface area (Å²) in [6.45, 7) is 0.0371. The van der Waals surface area contributed by atoms with E-state index in [1.54, 1.807) is 32.3 Å². The topological polar surface area (TPSA) is 97.2 Å². The highest BCUT2D eigenvalue weighted by atomic mass is 16.2. The molecule has 0 fully saturated rings. The van der Waals surface area contributed by atoms with Crippen LogP contribution in [0.3, 0.4) is 0 Å². The molecule has 0 spiro atoms. The summed E-state index contributed by atoms with van der Waals surface area (Å²) in [5, 5.41) is 17.6. The Morgan fingerprint density at radius 2 is 1.84 bits per heavy atom. The van der Waals surface area contributed by atoms with Gasteiger partial charge in [0.2, 0.25) is 0 Å². The average Bonchev–Trinajstić information content (AvgIpc) is 2.37. The fourth-order valence-corrected chi connectivity index (χ4v) is 1.63. The highest BCUT2D eigenvalue weighted by Crippen LogP contribution is 2.24. The molecule has 0 saturated carbocycles. The second kappa shape index (κ2) is 6.27. The van der Waals surface area contributed by atoms with Crippen molar-refractivity contribution in [2.75, 3.05) is 37.8 Å². The van der Waals surface area contributed by atoms with Crippen LogP contribution in [-0.2, 0) is 0 Å². The van der Waals surface area contributed by atoms with E-state index in [1.165, 1.54) is 9.80 Å². The Labute approximate surface area is 112 Å². The molecule has 98 valence electrons. The van der Waals surface area contributed by atoms with Gasteiger partial charge >= 0.3 is 0 Å². The van der Waals surface area contributed by atoms with Crippen LogP contribution in [0.4, 0.5) is 11.4 Å². The minimum Gasteiger partial charge on any atom is -0.399 e. The fourth-order valence-electron chi connectivity index (χ4n) is 1.63. The van der Waals surface area contributed by atoms with E-state index < -0.39 is 0 Å². The number of hydrogen-bond donors (Lipinski definition) is 1. The summed E-state index contributed by atoms with van der Waals surface area (Å²) in [7, 11) is 3.28. The molecular formula is C13H15N5O. The Balaban J connectivity index is 3.30. The third kappa shape index (κ3) is 3.36. The van der Waals surface area contributed by atoms with E-state index in [1.807, 2.05) is 12.1 Å². The predicted molar refractivity (Wildman–Crippen MR) is 72.3 cm³/mol. The maximum atomic E-state index is 12.1. The number of amides is 1. The molecule has 0 atom stereocenters. The van der Waals surface area contributed by atoms with Crippen LogP contribution in [0.2, 0.25) is 0 Å². The first-order chi connectivity index (χ1) is 9.01. The Morgan fingerprint density at radius 3 is 2.32 bits per heavy atom. The smallest absolute Gasteiger partial charge is 0.255 e. The van der Waals surface area contributed by atoms with E-state index in [4.69, 9.17) is 16.3 Å². The Morgan fingerprint density at radius 1 is 1.26 bits per heavy atom. The van der Waals surface area contributed by atoms with E-state index in [0.717, 1.165) is 0 Å². The van der Waals surface area contributed by atoms with Gasteiger partial charge in [0.1, 0.15) is 13.1 Å². The van der Waals surface area contributed by atoms with Crippen molar-refractivity contribution in [1.29, 1.82) is 10.5 Å². The van der Waals surface area contributed by atoms with Crippen LogP contribution in [0.25, 0.3) is 0 Å². The van der Waals surface area contributed by atoms with Gasteiger partial charge in [-0.2, -0.15) is 10.5 Å². The van der Waals surface area contributed by atoms with Crippen LogP contribution in [0, 0.1) is 22.7 Å². The second-order valence-electron chi connectivity index (χ2n) is 4.15. The minimum atomic E-state index is -0.198. The van der Waals surface area contributed by atoms with Crippen molar-refractivity contribution in [2.24, 2.45) is 0 Å². The third-order valence-electron chi connectivity index (χ3n) is 2.52. The number of nitriles is 2. The zero-order chi connectivity index (χ0) is 14.4. The molecule has 19 heavy (non-hydrogen) atoms. The standard InChI is InChI=1S/C13H15N5O/c1-17(2)13(19)11-4-3-10(16)9-12(11)18(7-5-14)8-6-15/h3-4,9H,7-8,16H2,1-2H3. The van der Waals surface area contributed by atoms with Gasteiger partial charge in [-0.25, -0.2) is 0 Å². The summed E-state index contributed by atoms with van der Waals surface area (Å²) in [4.78, 5) is 15.0. The molecule has 1 aromatic carbocycles. The monoisotopic (exact) mass is 257 g/mol. The first-order valence-electron chi connectivity index (χ1n) is 5.61. The van der Waals surface area contributed by atoms with Gasteiger partial charge in [0.05, 0.1) is 23.4 Å². The summed E-state index contributed by atoms with van der Waals surface area (Å²) in [6, 6.07) is 8.78. The Hall–Kier alpha value is -2.73. The lowest BCUT2D eigenvalue weighted by molar-refractivity contribution is 0.0828. The zero-order valence-electron chi connectivity index (χ0n) is 10.9. The lowest BCUT2D eigenvalue weighted by Crippen LogP contribution is -2.29. The molecule has 0 unspecified atom stereocenters. The average molecular weight is 257 g/mol. The Kier molecular flexibility index (Phi) is 4.73. The van der Waals surface area contributed by atoms with E-state index in [-0.39, 0.29) is 19.0 Å². The first kappa shape index (κ1) is 14.3. The number of nitrogen functional groups attached to an aromatic ring is 1. The summed E-state index contributed by atoms with van der Waals surface area (Å²) >= 11 is 0. The number of benzene rings is 1. The molecular weight excluding hydrogens is 242 g/mol. The van der Waals surface area contributed by atoms with E-state index in [2.05, 4.69) is 0 Å². The second-order valence-corrected chi connectivity index (χ2v) is 4.15. The van der Waals surface area contributed by atoms with Crippen molar-refractivity contribution in [2.45, 2.75) is 0 Å². The molecule has 0 aliphatic carbocycles. The van der Waals surface area contributed by atoms with Crippen molar-refractivity contribution >= 4 is 17.3 Å². The zero-order valence-corrected chi connectivity index (χ0v) is 10.9. The maximum absolute atomic E-state index is 12.1. The van der Waals surface area contributed by atoms with Crippen molar-refractivity contribution < 1.29 is 4.79 Å². The maximum Gasteiger partial charge on any atom is 0.255 e. The van der Waals surface area contributed by atoms with Crippen LogP contribution in [0.5, 0.6) is 0 Å². The van der Waals surface area contributed by atoms with E-state index >= 15 is 0 Å². The number of hydrogen-bond acceptors (Lipinski definition) is 5. The molecule has 0 bridgehead atoms. The van der Waals surface area contributed by atoms with Gasteiger partial charge in [-0.1, -0.05) is 0 Å². The largest absolute Gasteiger partial charge is 0.399 e.